The first-order valence-corrected chi connectivity index (χ1v) is 11.1. The monoisotopic (exact) mass is 354 g/mol. The lowest BCUT2D eigenvalue weighted by molar-refractivity contribution is 0.0696. The first-order chi connectivity index (χ1) is 11.8. The molecule has 0 amide bonds. The number of aromatic carboxylic acids is 2. The van der Waals surface area contributed by atoms with Crippen LogP contribution in [0.25, 0.3) is 6.08 Å². The Bertz CT molecular complexity index is 792. The van der Waals surface area contributed by atoms with E-state index >= 15 is 0 Å². The SMILES string of the molecule is C[SiH](C)C1C=Cc2ccccc21.Cc1c(C(=O)O)cccc1C(=O)O. The number of fused-ring (bicyclic) bond motifs is 1. The highest BCUT2D eigenvalue weighted by Gasteiger charge is 2.19. The summed E-state index contributed by atoms with van der Waals surface area (Å²) in [5.41, 5.74) is 4.10. The minimum atomic E-state index is -1.11. The van der Waals surface area contributed by atoms with Gasteiger partial charge in [-0.3, -0.25) is 0 Å². The first kappa shape index (κ1) is 18.7. The van der Waals surface area contributed by atoms with Crippen LogP contribution in [-0.2, 0) is 0 Å². The highest BCUT2D eigenvalue weighted by atomic mass is 28.3. The van der Waals surface area contributed by atoms with Gasteiger partial charge in [0.25, 0.3) is 0 Å². The van der Waals surface area contributed by atoms with E-state index in [1.807, 2.05) is 0 Å². The van der Waals surface area contributed by atoms with Crippen molar-refractivity contribution in [3.8, 4) is 0 Å². The van der Waals surface area contributed by atoms with Gasteiger partial charge in [0.1, 0.15) is 0 Å². The van der Waals surface area contributed by atoms with Gasteiger partial charge in [-0.15, -0.1) is 0 Å². The summed E-state index contributed by atoms with van der Waals surface area (Å²) in [6.45, 7) is 6.31. The summed E-state index contributed by atoms with van der Waals surface area (Å²) in [4.78, 5) is 21.2. The number of allylic oxidation sites excluding steroid dienone is 1. The largest absolute Gasteiger partial charge is 0.478 e. The summed E-state index contributed by atoms with van der Waals surface area (Å²) in [6, 6.07) is 12.9. The van der Waals surface area contributed by atoms with E-state index in [4.69, 9.17) is 10.2 Å². The van der Waals surface area contributed by atoms with Gasteiger partial charge in [-0.05, 0) is 41.3 Å². The Morgan fingerprint density at radius 3 is 2.00 bits per heavy atom. The standard InChI is InChI=1S/C11H14Si.C9H8O4/c1-12(2)11-8-7-9-5-3-4-6-10(9)11;1-5-6(8(10)11)3-2-4-7(5)9(12)13/h3-8,11-12H,1-2H3;2-4H,1H3,(H,10,11)(H,12,13). The van der Waals surface area contributed by atoms with Crippen LogP contribution >= 0.6 is 0 Å². The van der Waals surface area contributed by atoms with Crippen molar-refractivity contribution in [2.75, 3.05) is 0 Å². The molecule has 0 aliphatic heterocycles. The van der Waals surface area contributed by atoms with Gasteiger partial charge in [0.05, 0.1) is 11.1 Å². The van der Waals surface area contributed by atoms with Gasteiger partial charge < -0.3 is 10.2 Å². The lowest BCUT2D eigenvalue weighted by Gasteiger charge is -2.12. The van der Waals surface area contributed by atoms with Crippen molar-refractivity contribution in [3.63, 3.8) is 0 Å². The lowest BCUT2D eigenvalue weighted by atomic mass is 10.0. The molecule has 25 heavy (non-hydrogen) atoms. The number of carbonyl (C=O) groups is 2. The van der Waals surface area contributed by atoms with Gasteiger partial charge in [-0.25, -0.2) is 9.59 Å². The van der Waals surface area contributed by atoms with Crippen LogP contribution in [0.1, 0.15) is 42.9 Å². The molecule has 0 saturated carbocycles. The third kappa shape index (κ3) is 4.25. The molecule has 5 heteroatoms. The second-order valence-electron chi connectivity index (χ2n) is 6.35. The minimum Gasteiger partial charge on any atom is -0.478 e. The minimum absolute atomic E-state index is 0.0277. The quantitative estimate of drug-likeness (QED) is 0.810. The van der Waals surface area contributed by atoms with Crippen LogP contribution in [-0.4, -0.2) is 30.9 Å². The van der Waals surface area contributed by atoms with Crippen molar-refractivity contribution < 1.29 is 19.8 Å². The number of carboxylic acids is 2. The zero-order valence-corrected chi connectivity index (χ0v) is 15.7. The van der Waals surface area contributed by atoms with Crippen molar-refractivity contribution in [2.24, 2.45) is 0 Å². The summed E-state index contributed by atoms with van der Waals surface area (Å²) in [5, 5.41) is 17.4. The third-order valence-corrected chi connectivity index (χ3v) is 6.37. The van der Waals surface area contributed by atoms with Gasteiger partial charge in [0.2, 0.25) is 0 Å². The molecule has 2 N–H and O–H groups in total. The number of benzene rings is 2. The maximum Gasteiger partial charge on any atom is 0.335 e. The molecular formula is C20H22O4Si. The fourth-order valence-electron chi connectivity index (χ4n) is 2.96. The summed E-state index contributed by atoms with van der Waals surface area (Å²) >= 11 is 0. The van der Waals surface area contributed by atoms with E-state index in [2.05, 4.69) is 49.5 Å². The predicted molar refractivity (Wildman–Crippen MR) is 102 cm³/mol. The van der Waals surface area contributed by atoms with Crippen molar-refractivity contribution in [2.45, 2.75) is 25.6 Å². The van der Waals surface area contributed by atoms with Crippen LogP contribution < -0.4 is 0 Å². The van der Waals surface area contributed by atoms with E-state index in [1.54, 1.807) is 5.56 Å². The summed E-state index contributed by atoms with van der Waals surface area (Å²) in [6.07, 6.45) is 4.65. The molecule has 0 bridgehead atoms. The zero-order chi connectivity index (χ0) is 18.6. The van der Waals surface area contributed by atoms with Crippen molar-refractivity contribution in [1.82, 2.24) is 0 Å². The molecule has 3 rings (SSSR count). The van der Waals surface area contributed by atoms with Crippen LogP contribution in [0.5, 0.6) is 0 Å². The fraction of sp³-hybridized carbons (Fsp3) is 0.200. The van der Waals surface area contributed by atoms with E-state index in [1.165, 1.54) is 30.7 Å². The van der Waals surface area contributed by atoms with Crippen molar-refractivity contribution in [1.29, 1.82) is 0 Å². The number of carboxylic acid groups (broad SMARTS) is 2. The molecule has 130 valence electrons. The van der Waals surface area contributed by atoms with Gasteiger partial charge in [0, 0.05) is 8.80 Å². The molecule has 4 nitrogen and oxygen atoms in total. The van der Waals surface area contributed by atoms with Crippen LogP contribution in [0.15, 0.2) is 48.5 Å². The van der Waals surface area contributed by atoms with E-state index in [0.29, 0.717) is 0 Å². The highest BCUT2D eigenvalue weighted by Crippen LogP contribution is 2.31. The average molecular weight is 354 g/mol. The molecule has 2 aromatic rings. The molecule has 0 saturated heterocycles. The Labute approximate surface area is 149 Å². The molecule has 1 aliphatic carbocycles. The molecule has 1 unspecified atom stereocenters. The molecule has 1 atom stereocenters. The normalized spacial score (nSPS) is 14.6. The zero-order valence-electron chi connectivity index (χ0n) is 14.6. The number of hydrogen-bond donors (Lipinski definition) is 2. The average Bonchev–Trinajstić information content (AvgIpc) is 2.99. The van der Waals surface area contributed by atoms with E-state index in [-0.39, 0.29) is 16.7 Å². The maximum absolute atomic E-state index is 10.6. The van der Waals surface area contributed by atoms with Crippen LogP contribution in [0.2, 0.25) is 13.1 Å². The molecule has 1 aliphatic rings. The molecule has 0 fully saturated rings. The molecular weight excluding hydrogens is 332 g/mol. The second kappa shape index (κ2) is 7.94. The smallest absolute Gasteiger partial charge is 0.335 e. The van der Waals surface area contributed by atoms with E-state index in [0.717, 1.165) is 5.54 Å². The van der Waals surface area contributed by atoms with Crippen molar-refractivity contribution in [3.05, 3.63) is 76.4 Å². The number of rotatable bonds is 3. The summed E-state index contributed by atoms with van der Waals surface area (Å²) in [7, 11) is -0.547. The van der Waals surface area contributed by atoms with E-state index in [9.17, 15) is 9.59 Å². The molecule has 0 heterocycles. The van der Waals surface area contributed by atoms with Gasteiger partial charge in [0.15, 0.2) is 0 Å². The third-order valence-electron chi connectivity index (χ3n) is 4.35. The Kier molecular flexibility index (Phi) is 5.93. The molecule has 0 aromatic heterocycles. The molecule has 0 radical (unpaired) electrons. The lowest BCUT2D eigenvalue weighted by Crippen LogP contribution is -2.11. The van der Waals surface area contributed by atoms with Gasteiger partial charge >= 0.3 is 11.9 Å². The van der Waals surface area contributed by atoms with E-state index < -0.39 is 20.7 Å². The van der Waals surface area contributed by atoms with Crippen LogP contribution in [0.4, 0.5) is 0 Å². The maximum atomic E-state index is 10.6. The Morgan fingerprint density at radius 2 is 1.48 bits per heavy atom. The second-order valence-corrected chi connectivity index (χ2v) is 9.55. The molecule has 2 aromatic carbocycles. The highest BCUT2D eigenvalue weighted by molar-refractivity contribution is 6.58. The van der Waals surface area contributed by atoms with Crippen molar-refractivity contribution >= 4 is 26.8 Å². The Hall–Kier alpha value is -2.66. The molecule has 0 spiro atoms. The fourth-order valence-corrected chi connectivity index (χ4v) is 4.53. The Balaban J connectivity index is 0.000000181. The van der Waals surface area contributed by atoms with Gasteiger partial charge in [-0.1, -0.05) is 55.6 Å². The topological polar surface area (TPSA) is 74.6 Å². The predicted octanol–water partition coefficient (Wildman–Crippen LogP) is 4.21. The van der Waals surface area contributed by atoms with Gasteiger partial charge in [-0.2, -0.15) is 0 Å². The first-order valence-electron chi connectivity index (χ1n) is 8.16. The summed E-state index contributed by atoms with van der Waals surface area (Å²) in [5.74, 6) is -2.22. The number of hydrogen-bond acceptors (Lipinski definition) is 2. The Morgan fingerprint density at radius 1 is 0.920 bits per heavy atom. The van der Waals surface area contributed by atoms with Crippen LogP contribution in [0.3, 0.4) is 0 Å². The van der Waals surface area contributed by atoms with Crippen LogP contribution in [0, 0.1) is 6.92 Å². The summed E-state index contributed by atoms with van der Waals surface area (Å²) < 4.78 is 0.